The highest BCUT2D eigenvalue weighted by Crippen LogP contribution is 2.49. The first-order chi connectivity index (χ1) is 9.14. The van der Waals surface area contributed by atoms with Crippen LogP contribution in [0.5, 0.6) is 0 Å². The van der Waals surface area contributed by atoms with Gasteiger partial charge in [-0.2, -0.15) is 0 Å². The van der Waals surface area contributed by atoms with Crippen LogP contribution < -0.4 is 5.32 Å². The summed E-state index contributed by atoms with van der Waals surface area (Å²) in [6, 6.07) is 8.52. The fraction of sp³-hybridized carbons (Fsp3) is 0.533. The van der Waals surface area contributed by atoms with Crippen molar-refractivity contribution in [2.75, 3.05) is 13.7 Å². The number of methoxy groups -OCH3 is 1. The molecule has 1 aliphatic heterocycles. The second kappa shape index (κ2) is 4.62. The number of carboxylic acid groups (broad SMARTS) is 1. The van der Waals surface area contributed by atoms with Gasteiger partial charge < -0.3 is 15.2 Å². The second-order valence-electron chi connectivity index (χ2n) is 5.56. The monoisotopic (exact) mass is 261 g/mol. The van der Waals surface area contributed by atoms with Gasteiger partial charge in [0.15, 0.2) is 0 Å². The quantitative estimate of drug-likeness (QED) is 0.871. The average Bonchev–Trinajstić information content (AvgIpc) is 3.07. The summed E-state index contributed by atoms with van der Waals surface area (Å²) in [5.74, 6) is -0.979. The van der Waals surface area contributed by atoms with E-state index in [0.29, 0.717) is 13.0 Å². The van der Waals surface area contributed by atoms with Gasteiger partial charge in [0.25, 0.3) is 0 Å². The third-order valence-corrected chi connectivity index (χ3v) is 4.39. The number of aliphatic carboxylic acids is 1. The molecule has 3 rings (SSSR count). The molecule has 1 saturated heterocycles. The minimum Gasteiger partial charge on any atom is -0.481 e. The van der Waals surface area contributed by atoms with Gasteiger partial charge in [0.1, 0.15) is 0 Å². The van der Waals surface area contributed by atoms with Gasteiger partial charge in [-0.05, 0) is 30.4 Å². The number of hydrogen-bond acceptors (Lipinski definition) is 3. The molecular formula is C15H19NO3. The summed E-state index contributed by atoms with van der Waals surface area (Å²) >= 11 is 0. The van der Waals surface area contributed by atoms with E-state index in [1.165, 1.54) is 11.1 Å². The normalized spacial score (nSPS) is 28.3. The molecule has 0 radical (unpaired) electrons. The maximum atomic E-state index is 11.0. The molecule has 2 aliphatic rings. The fourth-order valence-corrected chi connectivity index (χ4v) is 2.94. The minimum atomic E-state index is -0.707. The topological polar surface area (TPSA) is 58.6 Å². The molecule has 2 N–H and O–H groups in total. The summed E-state index contributed by atoms with van der Waals surface area (Å²) < 4.78 is 5.60. The van der Waals surface area contributed by atoms with Gasteiger partial charge >= 0.3 is 5.97 Å². The highest BCUT2D eigenvalue weighted by Gasteiger charge is 2.45. The Morgan fingerprint density at radius 2 is 2.26 bits per heavy atom. The Balaban J connectivity index is 1.79. The maximum Gasteiger partial charge on any atom is 0.307 e. The Kier molecular flexibility index (Phi) is 3.07. The largest absolute Gasteiger partial charge is 0.481 e. The second-order valence-corrected chi connectivity index (χ2v) is 5.56. The molecule has 4 heteroatoms. The molecule has 4 nitrogen and oxygen atoms in total. The first-order valence-electron chi connectivity index (χ1n) is 6.76. The lowest BCUT2D eigenvalue weighted by molar-refractivity contribution is -0.141. The molecule has 1 heterocycles. The molecule has 19 heavy (non-hydrogen) atoms. The fourth-order valence-electron chi connectivity index (χ4n) is 2.94. The van der Waals surface area contributed by atoms with Crippen molar-refractivity contribution in [1.29, 1.82) is 0 Å². The van der Waals surface area contributed by atoms with E-state index in [1.54, 1.807) is 7.11 Å². The minimum absolute atomic E-state index is 0.0825. The Hall–Kier alpha value is -1.39. The van der Waals surface area contributed by atoms with Gasteiger partial charge in [-0.15, -0.1) is 0 Å². The van der Waals surface area contributed by atoms with E-state index in [4.69, 9.17) is 9.84 Å². The average molecular weight is 261 g/mol. The first kappa shape index (κ1) is 12.6. The molecule has 0 amide bonds. The lowest BCUT2D eigenvalue weighted by atomic mass is 9.96. The van der Waals surface area contributed by atoms with E-state index < -0.39 is 5.97 Å². The standard InChI is InChI=1S/C15H19NO3/c1-19-15(5-6-15)12-4-2-3-10(7-12)13-8-11(9-16-13)14(17)18/h2-4,7,11,13,16H,5-6,8-9H2,1H3,(H,17,18). The van der Waals surface area contributed by atoms with E-state index >= 15 is 0 Å². The third-order valence-electron chi connectivity index (χ3n) is 4.39. The van der Waals surface area contributed by atoms with Crippen molar-refractivity contribution in [1.82, 2.24) is 5.32 Å². The van der Waals surface area contributed by atoms with Crippen LogP contribution in [-0.4, -0.2) is 24.7 Å². The molecule has 2 unspecified atom stereocenters. The van der Waals surface area contributed by atoms with Crippen LogP contribution in [0.1, 0.15) is 36.4 Å². The Bertz CT molecular complexity index is 496. The van der Waals surface area contributed by atoms with Crippen molar-refractivity contribution in [3.05, 3.63) is 35.4 Å². The smallest absolute Gasteiger partial charge is 0.307 e. The van der Waals surface area contributed by atoms with Crippen molar-refractivity contribution in [3.63, 3.8) is 0 Å². The Labute approximate surface area is 112 Å². The van der Waals surface area contributed by atoms with Gasteiger partial charge in [-0.3, -0.25) is 4.79 Å². The van der Waals surface area contributed by atoms with Crippen LogP contribution in [0, 0.1) is 5.92 Å². The number of carbonyl (C=O) groups is 1. The summed E-state index contributed by atoms with van der Waals surface area (Å²) in [5, 5.41) is 12.3. The molecule has 0 aromatic heterocycles. The molecule has 1 aromatic rings. The van der Waals surface area contributed by atoms with E-state index in [-0.39, 0.29) is 17.6 Å². The summed E-state index contributed by atoms with van der Waals surface area (Å²) in [6.45, 7) is 0.555. The Morgan fingerprint density at radius 1 is 1.47 bits per heavy atom. The first-order valence-corrected chi connectivity index (χ1v) is 6.76. The van der Waals surface area contributed by atoms with Gasteiger partial charge in [-0.1, -0.05) is 24.3 Å². The van der Waals surface area contributed by atoms with E-state index in [9.17, 15) is 4.79 Å². The highest BCUT2D eigenvalue weighted by atomic mass is 16.5. The molecule has 1 aromatic carbocycles. The molecule has 1 aliphatic carbocycles. The predicted octanol–water partition coefficient (Wildman–Crippen LogP) is 2.06. The van der Waals surface area contributed by atoms with Crippen molar-refractivity contribution in [2.45, 2.75) is 30.9 Å². The number of benzene rings is 1. The lowest BCUT2D eigenvalue weighted by Crippen LogP contribution is -2.17. The van der Waals surface area contributed by atoms with Crippen LogP contribution in [0.4, 0.5) is 0 Å². The van der Waals surface area contributed by atoms with Crippen LogP contribution >= 0.6 is 0 Å². The van der Waals surface area contributed by atoms with Crippen molar-refractivity contribution >= 4 is 5.97 Å². The predicted molar refractivity (Wildman–Crippen MR) is 70.8 cm³/mol. The zero-order valence-electron chi connectivity index (χ0n) is 11.1. The number of rotatable bonds is 4. The van der Waals surface area contributed by atoms with Gasteiger partial charge in [-0.25, -0.2) is 0 Å². The van der Waals surface area contributed by atoms with Gasteiger partial charge in [0.2, 0.25) is 0 Å². The van der Waals surface area contributed by atoms with Gasteiger partial charge in [0.05, 0.1) is 11.5 Å². The summed E-state index contributed by atoms with van der Waals surface area (Å²) in [5.41, 5.74) is 2.30. The molecule has 0 bridgehead atoms. The SMILES string of the molecule is COC1(c2cccc(C3CC(C(=O)O)CN3)c2)CC1. The molecular weight excluding hydrogens is 242 g/mol. The van der Waals surface area contributed by atoms with Crippen LogP contribution in [-0.2, 0) is 15.1 Å². The summed E-state index contributed by atoms with van der Waals surface area (Å²) in [6.07, 6.45) is 2.81. The Morgan fingerprint density at radius 3 is 2.84 bits per heavy atom. The number of carboxylic acids is 1. The highest BCUT2D eigenvalue weighted by molar-refractivity contribution is 5.70. The zero-order chi connectivity index (χ0) is 13.5. The number of ether oxygens (including phenoxy) is 1. The van der Waals surface area contributed by atoms with E-state index in [0.717, 1.165) is 12.8 Å². The summed E-state index contributed by atoms with van der Waals surface area (Å²) in [7, 11) is 1.76. The van der Waals surface area contributed by atoms with Gasteiger partial charge in [0, 0.05) is 19.7 Å². The molecule has 1 saturated carbocycles. The molecule has 2 atom stereocenters. The van der Waals surface area contributed by atoms with Crippen LogP contribution in [0.2, 0.25) is 0 Å². The lowest BCUT2D eigenvalue weighted by Gasteiger charge is -2.17. The molecule has 2 fully saturated rings. The van der Waals surface area contributed by atoms with Crippen LogP contribution in [0.25, 0.3) is 0 Å². The third kappa shape index (κ3) is 2.26. The number of hydrogen-bond donors (Lipinski definition) is 2. The van der Waals surface area contributed by atoms with E-state index in [1.807, 2.05) is 6.07 Å². The van der Waals surface area contributed by atoms with Crippen molar-refractivity contribution in [2.24, 2.45) is 5.92 Å². The number of nitrogens with one attached hydrogen (secondary N) is 1. The zero-order valence-corrected chi connectivity index (χ0v) is 11.1. The van der Waals surface area contributed by atoms with Crippen LogP contribution in [0.3, 0.4) is 0 Å². The molecule has 102 valence electrons. The van der Waals surface area contributed by atoms with Crippen LogP contribution in [0.15, 0.2) is 24.3 Å². The van der Waals surface area contributed by atoms with E-state index in [2.05, 4.69) is 23.5 Å². The molecule has 0 spiro atoms. The summed E-state index contributed by atoms with van der Waals surface area (Å²) in [4.78, 5) is 11.0. The maximum absolute atomic E-state index is 11.0. The van der Waals surface area contributed by atoms with Crippen molar-refractivity contribution in [3.8, 4) is 0 Å². The van der Waals surface area contributed by atoms with Crippen molar-refractivity contribution < 1.29 is 14.6 Å².